The van der Waals surface area contributed by atoms with E-state index < -0.39 is 74.2 Å². The second-order valence-electron chi connectivity index (χ2n) is 20.3. The predicted octanol–water partition coefficient (Wildman–Crippen LogP) is 11.9. The molecule has 69 heavy (non-hydrogen) atoms. The van der Waals surface area contributed by atoms with Gasteiger partial charge in [0.25, 0.3) is 0 Å². The molecule has 1 aliphatic heterocycles. The maximum Gasteiger partial charge on any atom is 0.249 e. The highest BCUT2D eigenvalue weighted by Crippen LogP contribution is 2.23. The lowest BCUT2D eigenvalue weighted by molar-refractivity contribution is -0.303. The average molecular weight is 981 g/mol. The van der Waals surface area contributed by atoms with Crippen molar-refractivity contribution in [3.05, 3.63) is 36.5 Å². The van der Waals surface area contributed by atoms with Crippen LogP contribution in [-0.4, -0.2) is 110 Å². The molecule has 9 atom stereocenters. The maximum atomic E-state index is 13.2. The third-order valence-corrected chi connectivity index (χ3v) is 13.9. The Hall–Kier alpha value is -1.67. The van der Waals surface area contributed by atoms with Crippen LogP contribution in [0.1, 0.15) is 258 Å². The Bertz CT molecular complexity index is 1210. The van der Waals surface area contributed by atoms with Crippen molar-refractivity contribution < 1.29 is 50.0 Å². The van der Waals surface area contributed by atoms with Crippen molar-refractivity contribution in [3.63, 3.8) is 0 Å². The second-order valence-corrected chi connectivity index (χ2v) is 20.3. The molecule has 1 heterocycles. The van der Waals surface area contributed by atoms with Crippen LogP contribution in [0.25, 0.3) is 0 Å². The third-order valence-electron chi connectivity index (χ3n) is 13.9. The van der Waals surface area contributed by atoms with Gasteiger partial charge >= 0.3 is 0 Å². The highest BCUT2D eigenvalue weighted by Gasteiger charge is 2.44. The van der Waals surface area contributed by atoms with Gasteiger partial charge in [0.15, 0.2) is 6.29 Å². The van der Waals surface area contributed by atoms with E-state index in [4.69, 9.17) is 9.47 Å². The van der Waals surface area contributed by atoms with Crippen LogP contribution < -0.4 is 5.32 Å². The number of rotatable bonds is 49. The molecule has 1 amide bonds. The minimum atomic E-state index is -1.67. The Morgan fingerprint density at radius 2 is 0.870 bits per heavy atom. The summed E-state index contributed by atoms with van der Waals surface area (Å²) in [6, 6.07) is -1.19. The molecule has 406 valence electrons. The van der Waals surface area contributed by atoms with Gasteiger partial charge in [-0.25, -0.2) is 0 Å². The fraction of sp³-hybridized carbons (Fsp3) is 0.879. The van der Waals surface area contributed by atoms with Gasteiger partial charge in [-0.1, -0.05) is 217 Å². The molecule has 1 saturated heterocycles. The fourth-order valence-electron chi connectivity index (χ4n) is 9.16. The molecule has 0 aromatic rings. The van der Waals surface area contributed by atoms with Crippen molar-refractivity contribution in [2.75, 3.05) is 13.2 Å². The summed E-state index contributed by atoms with van der Waals surface area (Å²) in [5.74, 6) is -0.711. The fourth-order valence-corrected chi connectivity index (χ4v) is 9.16. The van der Waals surface area contributed by atoms with Gasteiger partial charge in [-0.2, -0.15) is 0 Å². The van der Waals surface area contributed by atoms with Gasteiger partial charge in [0, 0.05) is 0 Å². The van der Waals surface area contributed by atoms with Crippen LogP contribution in [0.5, 0.6) is 0 Å². The second kappa shape index (κ2) is 47.3. The first-order chi connectivity index (χ1) is 33.7. The molecule has 0 saturated carbocycles. The van der Waals surface area contributed by atoms with Crippen LogP contribution in [0.4, 0.5) is 0 Å². The van der Waals surface area contributed by atoms with Crippen molar-refractivity contribution in [1.29, 1.82) is 0 Å². The van der Waals surface area contributed by atoms with E-state index in [-0.39, 0.29) is 12.8 Å². The Balaban J connectivity index is 2.34. The molecule has 0 bridgehead atoms. The standard InChI is InChI=1S/C58H109NO10/c1-3-5-7-9-11-13-15-17-19-21-23-24-25-26-27-28-30-32-34-36-38-40-42-44-46-51(62)57(67)59-49(48-68-58-56(66)55(65)54(64)52(47-60)69-58)53(63)50(61)45-43-41-39-37-35-33-31-29-22-20-18-16-14-12-10-8-6-4-2/h26-27,29,31,37,39,49-56,58,60-66H,3-25,28,30,32-36,38,40-48H2,1-2H3,(H,59,67)/b27-26-,31-29+,39-37+. The van der Waals surface area contributed by atoms with Gasteiger partial charge in [0.1, 0.15) is 36.6 Å². The summed E-state index contributed by atoms with van der Waals surface area (Å²) in [4.78, 5) is 13.2. The number of allylic oxidation sites excluding steroid dienone is 6. The Kier molecular flexibility index (Phi) is 44.8. The van der Waals surface area contributed by atoms with E-state index in [9.17, 15) is 40.5 Å². The third kappa shape index (κ3) is 36.0. The summed E-state index contributed by atoms with van der Waals surface area (Å²) < 4.78 is 11.1. The molecule has 1 fully saturated rings. The topological polar surface area (TPSA) is 189 Å². The first-order valence-electron chi connectivity index (χ1n) is 28.9. The molecular weight excluding hydrogens is 871 g/mol. The van der Waals surface area contributed by atoms with Crippen LogP contribution in [0.2, 0.25) is 0 Å². The minimum absolute atomic E-state index is 0.246. The van der Waals surface area contributed by atoms with E-state index in [0.717, 1.165) is 44.9 Å². The minimum Gasteiger partial charge on any atom is -0.394 e. The number of nitrogens with one attached hydrogen (secondary N) is 1. The zero-order valence-corrected chi connectivity index (χ0v) is 44.3. The molecular formula is C58H109NO10. The highest BCUT2D eigenvalue weighted by molar-refractivity contribution is 5.80. The number of aliphatic hydroxyl groups excluding tert-OH is 7. The molecule has 9 unspecified atom stereocenters. The molecule has 0 spiro atoms. The SMILES string of the molecule is CCCCCCCCCCC/C=C/CC/C=C/CCCC(O)C(O)C(COC1OC(CO)C(O)C(O)C1O)NC(=O)C(O)CCCCCCCCCC/C=C\CCCCCCCCCCCCCC. The lowest BCUT2D eigenvalue weighted by atomic mass is 9.98. The summed E-state index contributed by atoms with van der Waals surface area (Å²) in [5, 5.41) is 76.1. The molecule has 1 rings (SSSR count). The summed E-state index contributed by atoms with van der Waals surface area (Å²) in [7, 11) is 0. The molecule has 11 nitrogen and oxygen atoms in total. The average Bonchev–Trinajstić information content (AvgIpc) is 3.35. The molecule has 8 N–H and O–H groups in total. The van der Waals surface area contributed by atoms with Gasteiger partial charge < -0.3 is 50.5 Å². The largest absolute Gasteiger partial charge is 0.394 e. The van der Waals surface area contributed by atoms with Gasteiger partial charge in [0.2, 0.25) is 5.91 Å². The van der Waals surface area contributed by atoms with Gasteiger partial charge in [0.05, 0.1) is 25.4 Å². The smallest absolute Gasteiger partial charge is 0.249 e. The van der Waals surface area contributed by atoms with Crippen molar-refractivity contribution in [2.24, 2.45) is 0 Å². The van der Waals surface area contributed by atoms with Crippen LogP contribution >= 0.6 is 0 Å². The van der Waals surface area contributed by atoms with Crippen molar-refractivity contribution >= 4 is 5.91 Å². The number of aliphatic hydroxyl groups is 7. The normalized spacial score (nSPS) is 20.6. The van der Waals surface area contributed by atoms with Crippen LogP contribution in [-0.2, 0) is 14.3 Å². The molecule has 0 radical (unpaired) electrons. The lowest BCUT2D eigenvalue weighted by Crippen LogP contribution is -2.60. The summed E-state index contributed by atoms with van der Waals surface area (Å²) >= 11 is 0. The van der Waals surface area contributed by atoms with E-state index >= 15 is 0 Å². The first-order valence-corrected chi connectivity index (χ1v) is 28.9. The zero-order chi connectivity index (χ0) is 50.4. The van der Waals surface area contributed by atoms with Gasteiger partial charge in [-0.05, 0) is 77.0 Å². The lowest BCUT2D eigenvalue weighted by Gasteiger charge is -2.40. The van der Waals surface area contributed by atoms with Crippen LogP contribution in [0, 0.1) is 0 Å². The van der Waals surface area contributed by atoms with Gasteiger partial charge in [-0.3, -0.25) is 4.79 Å². The van der Waals surface area contributed by atoms with E-state index in [1.807, 2.05) is 0 Å². The van der Waals surface area contributed by atoms with E-state index in [1.54, 1.807) is 0 Å². The van der Waals surface area contributed by atoms with Crippen molar-refractivity contribution in [3.8, 4) is 0 Å². The number of hydrogen-bond donors (Lipinski definition) is 8. The maximum absolute atomic E-state index is 13.2. The summed E-state index contributed by atoms with van der Waals surface area (Å²) in [6.45, 7) is 3.45. The first kappa shape index (κ1) is 65.3. The number of unbranched alkanes of at least 4 members (excludes halogenated alkanes) is 31. The monoisotopic (exact) mass is 980 g/mol. The van der Waals surface area contributed by atoms with Crippen LogP contribution in [0.15, 0.2) is 36.5 Å². The summed E-state index contributed by atoms with van der Waals surface area (Å²) in [5.41, 5.74) is 0. The molecule has 0 aromatic heterocycles. The molecule has 0 aliphatic carbocycles. The Labute approximate surface area is 422 Å². The zero-order valence-electron chi connectivity index (χ0n) is 44.3. The van der Waals surface area contributed by atoms with E-state index in [2.05, 4.69) is 55.6 Å². The predicted molar refractivity (Wildman–Crippen MR) is 284 cm³/mol. The number of amides is 1. The number of ether oxygens (including phenoxy) is 2. The number of hydrogen-bond acceptors (Lipinski definition) is 10. The summed E-state index contributed by atoms with van der Waals surface area (Å²) in [6.07, 6.45) is 46.3. The Morgan fingerprint density at radius 1 is 0.493 bits per heavy atom. The van der Waals surface area contributed by atoms with Crippen molar-refractivity contribution in [1.82, 2.24) is 5.32 Å². The van der Waals surface area contributed by atoms with Crippen molar-refractivity contribution in [2.45, 2.75) is 313 Å². The number of carbonyl (C=O) groups is 1. The Morgan fingerprint density at radius 3 is 1.29 bits per heavy atom. The van der Waals surface area contributed by atoms with Crippen LogP contribution in [0.3, 0.4) is 0 Å². The van der Waals surface area contributed by atoms with E-state index in [0.29, 0.717) is 19.3 Å². The molecule has 1 aliphatic rings. The molecule has 0 aromatic carbocycles. The molecule has 11 heteroatoms. The quantitative estimate of drug-likeness (QED) is 0.0215. The van der Waals surface area contributed by atoms with E-state index in [1.165, 1.54) is 167 Å². The van der Waals surface area contributed by atoms with Gasteiger partial charge in [-0.15, -0.1) is 0 Å². The number of carbonyl (C=O) groups excluding carboxylic acids is 1. The highest BCUT2D eigenvalue weighted by atomic mass is 16.7.